The van der Waals surface area contributed by atoms with Crippen LogP contribution in [0, 0.1) is 0 Å². The molecule has 2 aromatic rings. The smallest absolute Gasteiger partial charge is 0.324 e. The van der Waals surface area contributed by atoms with Gasteiger partial charge < -0.3 is 21.7 Å². The lowest BCUT2D eigenvalue weighted by Gasteiger charge is -2.04. The summed E-state index contributed by atoms with van der Waals surface area (Å²) in [5.74, 6) is -1.87. The second-order valence-corrected chi connectivity index (χ2v) is 6.15. The molecule has 3 atom stereocenters. The predicted molar refractivity (Wildman–Crippen MR) is 94.1 cm³/mol. The predicted octanol–water partition coefficient (Wildman–Crippen LogP) is 1.60. The van der Waals surface area contributed by atoms with Crippen molar-refractivity contribution in [2.45, 2.75) is 30.3 Å². The quantitative estimate of drug-likeness (QED) is 0.654. The molecule has 6 N–H and O–H groups in total. The molecule has 2 aromatic carbocycles. The van der Waals surface area contributed by atoms with E-state index in [0.29, 0.717) is 12.8 Å². The van der Waals surface area contributed by atoms with Gasteiger partial charge in [0.05, 0.1) is 0 Å². The van der Waals surface area contributed by atoms with E-state index < -0.39 is 23.5 Å². The van der Waals surface area contributed by atoms with E-state index in [1.165, 1.54) is 0 Å². The summed E-state index contributed by atoms with van der Waals surface area (Å²) >= 11 is 0. The van der Waals surface area contributed by atoms with Crippen molar-refractivity contribution in [1.29, 1.82) is 0 Å². The zero-order valence-corrected chi connectivity index (χ0v) is 13.7. The van der Waals surface area contributed by atoms with E-state index in [9.17, 15) is 9.59 Å². The Balaban J connectivity index is 0.000000181. The topological polar surface area (TPSA) is 127 Å². The molecular weight excluding hydrogens is 320 g/mol. The van der Waals surface area contributed by atoms with Gasteiger partial charge in [-0.3, -0.25) is 9.59 Å². The summed E-state index contributed by atoms with van der Waals surface area (Å²) < 4.78 is 0. The Hall–Kier alpha value is -2.70. The van der Waals surface area contributed by atoms with Gasteiger partial charge in [-0.15, -0.1) is 0 Å². The molecule has 0 aliphatic heterocycles. The minimum Gasteiger partial charge on any atom is -0.480 e. The van der Waals surface area contributed by atoms with E-state index in [1.807, 2.05) is 60.7 Å². The summed E-state index contributed by atoms with van der Waals surface area (Å²) in [6, 6.07) is 18.1. The van der Waals surface area contributed by atoms with Crippen molar-refractivity contribution in [1.82, 2.24) is 0 Å². The fraction of sp³-hybridized carbons (Fsp3) is 0.263. The molecule has 0 aromatic heterocycles. The maximum Gasteiger partial charge on any atom is 0.324 e. The number of hydrogen-bond donors (Lipinski definition) is 4. The number of benzene rings is 2. The van der Waals surface area contributed by atoms with Crippen LogP contribution < -0.4 is 11.5 Å². The van der Waals surface area contributed by atoms with Crippen molar-refractivity contribution in [2.75, 3.05) is 0 Å². The largest absolute Gasteiger partial charge is 0.480 e. The van der Waals surface area contributed by atoms with Crippen LogP contribution in [0.5, 0.6) is 0 Å². The number of aliphatic carboxylic acids is 2. The van der Waals surface area contributed by atoms with E-state index >= 15 is 0 Å². The summed E-state index contributed by atoms with van der Waals surface area (Å²) in [4.78, 5) is 21.1. The number of rotatable bonds is 5. The Kier molecular flexibility index (Phi) is 5.90. The fourth-order valence-electron chi connectivity index (χ4n) is 2.57. The first kappa shape index (κ1) is 18.6. The lowest BCUT2D eigenvalue weighted by Crippen LogP contribution is -2.34. The highest BCUT2D eigenvalue weighted by Crippen LogP contribution is 2.49. The highest BCUT2D eigenvalue weighted by atomic mass is 16.4. The lowest BCUT2D eigenvalue weighted by molar-refractivity contribution is -0.140. The highest BCUT2D eigenvalue weighted by Gasteiger charge is 2.58. The maximum absolute atomic E-state index is 10.7. The Morgan fingerprint density at radius 1 is 1.04 bits per heavy atom. The molecule has 1 aliphatic carbocycles. The molecule has 0 bridgehead atoms. The Bertz CT molecular complexity index is 721. The molecule has 0 saturated heterocycles. The van der Waals surface area contributed by atoms with Crippen LogP contribution in [0.1, 0.15) is 23.5 Å². The fourth-order valence-corrected chi connectivity index (χ4v) is 2.57. The van der Waals surface area contributed by atoms with Crippen molar-refractivity contribution in [2.24, 2.45) is 11.5 Å². The highest BCUT2D eigenvalue weighted by molar-refractivity contribution is 5.84. The summed E-state index contributed by atoms with van der Waals surface area (Å²) in [6.07, 6.45) is 0.933. The van der Waals surface area contributed by atoms with Gasteiger partial charge in [-0.1, -0.05) is 60.7 Å². The van der Waals surface area contributed by atoms with Gasteiger partial charge in [0.1, 0.15) is 11.6 Å². The molecule has 2 unspecified atom stereocenters. The molecule has 6 nitrogen and oxygen atoms in total. The summed E-state index contributed by atoms with van der Waals surface area (Å²) in [5.41, 5.74) is 12.0. The molecule has 1 saturated carbocycles. The molecule has 0 amide bonds. The first-order chi connectivity index (χ1) is 11.8. The van der Waals surface area contributed by atoms with Crippen LogP contribution in [0.3, 0.4) is 0 Å². The van der Waals surface area contributed by atoms with E-state index in [-0.39, 0.29) is 5.92 Å². The monoisotopic (exact) mass is 342 g/mol. The van der Waals surface area contributed by atoms with Gasteiger partial charge >= 0.3 is 11.9 Å². The molecule has 6 heteroatoms. The van der Waals surface area contributed by atoms with E-state index in [4.69, 9.17) is 21.7 Å². The lowest BCUT2D eigenvalue weighted by atomic mass is 10.1. The average molecular weight is 342 g/mol. The van der Waals surface area contributed by atoms with Crippen LogP contribution in [0.4, 0.5) is 0 Å². The van der Waals surface area contributed by atoms with E-state index in [0.717, 1.165) is 11.1 Å². The third-order valence-electron chi connectivity index (χ3n) is 4.22. The molecule has 0 spiro atoms. The first-order valence-corrected chi connectivity index (χ1v) is 7.94. The van der Waals surface area contributed by atoms with Crippen LogP contribution in [0.15, 0.2) is 60.7 Å². The van der Waals surface area contributed by atoms with Crippen LogP contribution in [0.2, 0.25) is 0 Å². The molecule has 0 radical (unpaired) electrons. The van der Waals surface area contributed by atoms with Crippen molar-refractivity contribution in [3.05, 3.63) is 71.8 Å². The van der Waals surface area contributed by atoms with Crippen molar-refractivity contribution < 1.29 is 19.8 Å². The van der Waals surface area contributed by atoms with Gasteiger partial charge in [-0.25, -0.2) is 0 Å². The summed E-state index contributed by atoms with van der Waals surface area (Å²) in [6.45, 7) is 0. The maximum atomic E-state index is 10.7. The number of carboxylic acid groups (broad SMARTS) is 2. The minimum atomic E-state index is -1.01. The van der Waals surface area contributed by atoms with Crippen LogP contribution in [-0.4, -0.2) is 33.7 Å². The van der Waals surface area contributed by atoms with Crippen LogP contribution in [-0.2, 0) is 16.0 Å². The van der Waals surface area contributed by atoms with Gasteiger partial charge in [0, 0.05) is 5.92 Å². The zero-order valence-electron chi connectivity index (χ0n) is 13.7. The molecule has 25 heavy (non-hydrogen) atoms. The van der Waals surface area contributed by atoms with Gasteiger partial charge in [0.2, 0.25) is 0 Å². The van der Waals surface area contributed by atoms with Crippen molar-refractivity contribution in [3.8, 4) is 0 Å². The average Bonchev–Trinajstić information content (AvgIpc) is 3.31. The minimum absolute atomic E-state index is 0.00815. The molecule has 1 aliphatic rings. The summed E-state index contributed by atoms with van der Waals surface area (Å²) in [5, 5.41) is 17.3. The molecule has 1 fully saturated rings. The Labute approximate surface area is 146 Å². The molecule has 3 rings (SSSR count). The number of hydrogen-bond acceptors (Lipinski definition) is 4. The van der Waals surface area contributed by atoms with Gasteiger partial charge in [0.25, 0.3) is 0 Å². The first-order valence-electron chi connectivity index (χ1n) is 7.94. The van der Waals surface area contributed by atoms with E-state index in [1.54, 1.807) is 0 Å². The molecular formula is C19H22N2O4. The van der Waals surface area contributed by atoms with Gasteiger partial charge in [-0.2, -0.15) is 0 Å². The third kappa shape index (κ3) is 4.89. The third-order valence-corrected chi connectivity index (χ3v) is 4.22. The number of nitrogens with two attached hydrogens (primary N) is 2. The second kappa shape index (κ2) is 7.92. The molecule has 0 heterocycles. The molecule has 132 valence electrons. The number of carboxylic acids is 2. The van der Waals surface area contributed by atoms with Gasteiger partial charge in [-0.05, 0) is 24.0 Å². The second-order valence-electron chi connectivity index (χ2n) is 6.15. The Morgan fingerprint density at radius 2 is 1.56 bits per heavy atom. The Morgan fingerprint density at radius 3 is 2.00 bits per heavy atom. The summed E-state index contributed by atoms with van der Waals surface area (Å²) in [7, 11) is 0. The standard InChI is InChI=1S/C10H11NO2.C9H11NO2/c11-10(9(12)13)6-8(10)7-4-2-1-3-5-7;10-8(9(11)12)6-7-4-2-1-3-5-7/h1-5,8H,6,11H2,(H,12,13);1-5,8H,6,10H2,(H,11,12)/t;8-/m.0/s1. The van der Waals surface area contributed by atoms with Crippen LogP contribution >= 0.6 is 0 Å². The SMILES string of the molecule is NC1(C(=O)O)CC1c1ccccc1.N[C@@H](Cc1ccccc1)C(=O)O. The normalized spacial score (nSPS) is 22.2. The van der Waals surface area contributed by atoms with Crippen LogP contribution in [0.25, 0.3) is 0 Å². The van der Waals surface area contributed by atoms with E-state index in [2.05, 4.69) is 0 Å². The zero-order chi connectivity index (χ0) is 18.4. The number of carbonyl (C=O) groups is 2. The van der Waals surface area contributed by atoms with Crippen molar-refractivity contribution in [3.63, 3.8) is 0 Å². The van der Waals surface area contributed by atoms with Crippen molar-refractivity contribution >= 4 is 11.9 Å². The van der Waals surface area contributed by atoms with Gasteiger partial charge in [0.15, 0.2) is 0 Å².